The second-order valence-electron chi connectivity index (χ2n) is 14.4. The number of nitrogens with one attached hydrogen (secondary N) is 4. The number of hydrogen-bond acceptors (Lipinski definition) is 11. The molecule has 0 bridgehead atoms. The predicted octanol–water partition coefficient (Wildman–Crippen LogP) is 2.48. The van der Waals surface area contributed by atoms with Crippen LogP contribution >= 0.6 is 0 Å². The Bertz CT molecular complexity index is 1920. The van der Waals surface area contributed by atoms with Gasteiger partial charge in [-0.15, -0.1) is 0 Å². The van der Waals surface area contributed by atoms with Crippen molar-refractivity contribution in [1.29, 1.82) is 0 Å². The van der Waals surface area contributed by atoms with Gasteiger partial charge in [0, 0.05) is 74.7 Å². The van der Waals surface area contributed by atoms with Gasteiger partial charge in [-0.2, -0.15) is 5.10 Å². The van der Waals surface area contributed by atoms with Crippen LogP contribution in [-0.4, -0.2) is 105 Å². The van der Waals surface area contributed by atoms with Gasteiger partial charge < -0.3 is 20.3 Å². The van der Waals surface area contributed by atoms with E-state index in [1.807, 2.05) is 38.1 Å². The summed E-state index contributed by atoms with van der Waals surface area (Å²) in [7, 11) is 0. The summed E-state index contributed by atoms with van der Waals surface area (Å²) in [4.78, 5) is 85.0. The third-order valence-corrected chi connectivity index (χ3v) is 10.2. The van der Waals surface area contributed by atoms with E-state index in [9.17, 15) is 28.8 Å². The molecule has 3 aromatic rings. The van der Waals surface area contributed by atoms with Gasteiger partial charge in [0.1, 0.15) is 12.1 Å². The summed E-state index contributed by atoms with van der Waals surface area (Å²) in [6.45, 7) is 7.33. The standard InChI is InChI=1S/C37H43N9O7/c1-21(2)39-37(52)53-26-7-4-23(16-26)29-18-31(43-42-29)40-33(48)15-22-3-5-24(38-19-22)20-44-11-13-45(14-12-44)25-6-8-27-28(17-25)36(51)46(35(27)50)30-9-10-32(47)41-34(30)49/h3,5-6,8,17-19,21,23,26,30H,4,7,9-16,20H2,1-2H3,(H,39,52)(H,41,47,49)(H2,40,42,43,48)/t23-,26+,30?/m0/s1. The van der Waals surface area contributed by atoms with Crippen molar-refractivity contribution in [3.8, 4) is 0 Å². The first kappa shape index (κ1) is 35.7. The van der Waals surface area contributed by atoms with Crippen molar-refractivity contribution >= 4 is 47.1 Å². The lowest BCUT2D eigenvalue weighted by Gasteiger charge is -2.36. The Morgan fingerprint density at radius 2 is 1.75 bits per heavy atom. The quantitative estimate of drug-likeness (QED) is 0.224. The van der Waals surface area contributed by atoms with Crippen LogP contribution in [0.4, 0.5) is 16.3 Å². The summed E-state index contributed by atoms with van der Waals surface area (Å²) in [6, 6.07) is 9.88. The summed E-state index contributed by atoms with van der Waals surface area (Å²) in [6.07, 6.45) is 3.84. The number of pyridine rings is 1. The highest BCUT2D eigenvalue weighted by molar-refractivity contribution is 6.23. The molecule has 0 radical (unpaired) electrons. The predicted molar refractivity (Wildman–Crippen MR) is 191 cm³/mol. The number of anilines is 2. The number of piperidine rings is 1. The molecule has 4 aliphatic rings. The molecule has 278 valence electrons. The van der Waals surface area contributed by atoms with Gasteiger partial charge in [-0.1, -0.05) is 6.07 Å². The number of H-pyrrole nitrogens is 1. The largest absolute Gasteiger partial charge is 0.446 e. The van der Waals surface area contributed by atoms with Crippen molar-refractivity contribution in [3.05, 3.63) is 70.7 Å². The van der Waals surface area contributed by atoms with Crippen LogP contribution in [0.15, 0.2) is 42.6 Å². The van der Waals surface area contributed by atoms with Gasteiger partial charge in [-0.3, -0.25) is 49.2 Å². The van der Waals surface area contributed by atoms with Crippen LogP contribution in [-0.2, 0) is 32.1 Å². The van der Waals surface area contributed by atoms with Crippen LogP contribution in [0.5, 0.6) is 0 Å². The van der Waals surface area contributed by atoms with Gasteiger partial charge >= 0.3 is 6.09 Å². The monoisotopic (exact) mass is 725 g/mol. The first-order chi connectivity index (χ1) is 25.5. The van der Waals surface area contributed by atoms with E-state index in [4.69, 9.17) is 4.74 Å². The fraction of sp³-hybridized carbons (Fsp3) is 0.459. The van der Waals surface area contributed by atoms with Crippen molar-refractivity contribution in [1.82, 2.24) is 35.6 Å². The first-order valence-electron chi connectivity index (χ1n) is 18.1. The zero-order valence-electron chi connectivity index (χ0n) is 29.7. The van der Waals surface area contributed by atoms with Crippen molar-refractivity contribution in [2.75, 3.05) is 36.4 Å². The van der Waals surface area contributed by atoms with E-state index in [0.717, 1.165) is 53.5 Å². The van der Waals surface area contributed by atoms with E-state index < -0.39 is 35.8 Å². The molecule has 2 aromatic heterocycles. The van der Waals surface area contributed by atoms with Gasteiger partial charge in [-0.25, -0.2) is 4.79 Å². The second kappa shape index (κ2) is 15.1. The summed E-state index contributed by atoms with van der Waals surface area (Å²) in [5.74, 6) is -1.65. The van der Waals surface area contributed by atoms with Crippen LogP contribution in [0.3, 0.4) is 0 Å². The molecule has 1 aliphatic carbocycles. The van der Waals surface area contributed by atoms with E-state index >= 15 is 0 Å². The zero-order chi connectivity index (χ0) is 37.2. The highest BCUT2D eigenvalue weighted by Crippen LogP contribution is 2.36. The highest BCUT2D eigenvalue weighted by atomic mass is 16.6. The number of imide groups is 2. The number of benzene rings is 1. The zero-order valence-corrected chi connectivity index (χ0v) is 29.7. The molecule has 2 saturated heterocycles. The van der Waals surface area contributed by atoms with Crippen LogP contribution in [0.25, 0.3) is 0 Å². The van der Waals surface area contributed by atoms with E-state index in [0.29, 0.717) is 31.9 Å². The van der Waals surface area contributed by atoms with E-state index in [2.05, 4.69) is 40.9 Å². The number of aromatic nitrogens is 3. The molecule has 4 N–H and O–H groups in total. The molecule has 3 atom stereocenters. The van der Waals surface area contributed by atoms with Crippen molar-refractivity contribution in [2.24, 2.45) is 0 Å². The fourth-order valence-corrected chi connectivity index (χ4v) is 7.44. The lowest BCUT2D eigenvalue weighted by Crippen LogP contribution is -2.54. The van der Waals surface area contributed by atoms with Gasteiger partial charge in [0.05, 0.1) is 23.2 Å². The fourth-order valence-electron chi connectivity index (χ4n) is 7.44. The van der Waals surface area contributed by atoms with Gasteiger partial charge in [0.2, 0.25) is 17.7 Å². The summed E-state index contributed by atoms with van der Waals surface area (Å²) in [5, 5.41) is 15.1. The minimum Gasteiger partial charge on any atom is -0.446 e. The van der Waals surface area contributed by atoms with Crippen LogP contribution in [0.2, 0.25) is 0 Å². The van der Waals surface area contributed by atoms with Gasteiger partial charge in [0.25, 0.3) is 11.8 Å². The Morgan fingerprint density at radius 3 is 2.49 bits per heavy atom. The molecule has 1 aromatic carbocycles. The summed E-state index contributed by atoms with van der Waals surface area (Å²) in [5.41, 5.74) is 3.92. The number of aromatic amines is 1. The maximum atomic E-state index is 13.3. The average molecular weight is 726 g/mol. The number of ether oxygens (including phenoxy) is 1. The highest BCUT2D eigenvalue weighted by Gasteiger charge is 2.45. The molecule has 7 rings (SSSR count). The Labute approximate surface area is 306 Å². The van der Waals surface area contributed by atoms with E-state index in [1.165, 1.54) is 0 Å². The number of nitrogens with zero attached hydrogens (tertiary/aromatic N) is 5. The number of carbonyl (C=O) groups is 6. The third-order valence-electron chi connectivity index (χ3n) is 10.2. The van der Waals surface area contributed by atoms with E-state index in [1.54, 1.807) is 18.3 Å². The van der Waals surface area contributed by atoms with Crippen LogP contribution in [0, 0.1) is 0 Å². The Balaban J connectivity index is 0.856. The summed E-state index contributed by atoms with van der Waals surface area (Å²) >= 11 is 0. The minimum absolute atomic E-state index is 0.0154. The number of rotatable bonds is 10. The Morgan fingerprint density at radius 1 is 0.962 bits per heavy atom. The number of alkyl carbamates (subject to hydrolysis) is 1. The SMILES string of the molecule is CC(C)NC(=O)O[C@@H]1CC[C@H](c2cc(NC(=O)Cc3ccc(CN4CCN(c5ccc6c(c5)C(=O)N(C5CCC(=O)NC5=O)C6=O)CC4)nc3)n[nH]2)C1. The maximum Gasteiger partial charge on any atom is 0.407 e. The summed E-state index contributed by atoms with van der Waals surface area (Å²) < 4.78 is 5.52. The molecule has 1 unspecified atom stereocenters. The molecule has 53 heavy (non-hydrogen) atoms. The van der Waals surface area contributed by atoms with Crippen LogP contribution in [0.1, 0.15) is 89.5 Å². The smallest absolute Gasteiger partial charge is 0.407 e. The Kier molecular flexibility index (Phi) is 10.2. The van der Waals surface area contributed by atoms with Gasteiger partial charge in [-0.05, 0) is 69.4 Å². The minimum atomic E-state index is -0.993. The average Bonchev–Trinajstić information content (AvgIpc) is 3.84. The van der Waals surface area contributed by atoms with Crippen molar-refractivity contribution in [3.63, 3.8) is 0 Å². The number of piperazine rings is 1. The topological polar surface area (TPSA) is 199 Å². The molecule has 3 aliphatic heterocycles. The molecule has 6 amide bonds. The second-order valence-corrected chi connectivity index (χ2v) is 14.4. The maximum absolute atomic E-state index is 13.3. The molecule has 16 heteroatoms. The number of amides is 6. The molecule has 5 heterocycles. The number of hydrogen-bond donors (Lipinski definition) is 4. The van der Waals surface area contributed by atoms with E-state index in [-0.39, 0.29) is 54.4 Å². The number of carbonyl (C=O) groups excluding carboxylic acids is 6. The number of fused-ring (bicyclic) bond motifs is 1. The van der Waals surface area contributed by atoms with Crippen molar-refractivity contribution < 1.29 is 33.5 Å². The molecular formula is C37H43N9O7. The third kappa shape index (κ3) is 8.06. The van der Waals surface area contributed by atoms with Crippen LogP contribution < -0.4 is 20.9 Å². The molecule has 3 fully saturated rings. The first-order valence-corrected chi connectivity index (χ1v) is 18.1. The normalized spacial score (nSPS) is 21.9. The molecule has 16 nitrogen and oxygen atoms in total. The molecular weight excluding hydrogens is 682 g/mol. The van der Waals surface area contributed by atoms with Crippen molar-refractivity contribution in [2.45, 2.75) is 83.0 Å². The van der Waals surface area contributed by atoms with Gasteiger partial charge in [0.15, 0.2) is 5.82 Å². The molecule has 0 spiro atoms. The lowest BCUT2D eigenvalue weighted by molar-refractivity contribution is -0.136. The lowest BCUT2D eigenvalue weighted by atomic mass is 10.0. The Hall–Kier alpha value is -5.64. The molecule has 1 saturated carbocycles.